The number of aromatic nitrogens is 3. The van der Waals surface area contributed by atoms with Crippen LogP contribution in [-0.4, -0.2) is 25.8 Å². The van der Waals surface area contributed by atoms with Gasteiger partial charge in [0.1, 0.15) is 0 Å². The third-order valence-corrected chi connectivity index (χ3v) is 4.56. The molecule has 1 aromatic heterocycles. The highest BCUT2D eigenvalue weighted by atomic mass is 32.2. The Hall–Kier alpha value is -1.82. The van der Waals surface area contributed by atoms with E-state index in [1.54, 1.807) is 4.57 Å². The van der Waals surface area contributed by atoms with E-state index in [1.807, 2.05) is 38.1 Å². The summed E-state index contributed by atoms with van der Waals surface area (Å²) in [4.78, 5) is 24.1. The molecule has 0 bridgehead atoms. The molecule has 5 nitrogen and oxygen atoms in total. The maximum Gasteiger partial charge on any atom is 0.343 e. The van der Waals surface area contributed by atoms with Crippen LogP contribution < -0.4 is 5.69 Å². The van der Waals surface area contributed by atoms with Crippen molar-refractivity contribution in [3.63, 3.8) is 0 Å². The van der Waals surface area contributed by atoms with Crippen LogP contribution in [0.2, 0.25) is 0 Å². The Bertz CT molecular complexity index is 688. The number of nitrogens with one attached hydrogen (secondary N) is 1. The first-order valence-electron chi connectivity index (χ1n) is 7.51. The van der Waals surface area contributed by atoms with Crippen molar-refractivity contribution >= 4 is 17.5 Å². The lowest BCUT2D eigenvalue weighted by atomic mass is 10.1. The normalized spacial score (nSPS) is 12.3. The van der Waals surface area contributed by atoms with Crippen molar-refractivity contribution in [3.05, 3.63) is 45.9 Å². The van der Waals surface area contributed by atoms with Gasteiger partial charge in [0.15, 0.2) is 10.9 Å². The minimum Gasteiger partial charge on any atom is -0.293 e. The third kappa shape index (κ3) is 3.68. The third-order valence-electron chi connectivity index (χ3n) is 3.47. The maximum atomic E-state index is 12.5. The Balaban J connectivity index is 2.12. The molecule has 0 aliphatic heterocycles. The predicted octanol–water partition coefficient (Wildman–Crippen LogP) is 2.91. The van der Waals surface area contributed by atoms with Gasteiger partial charge in [0, 0.05) is 12.1 Å². The number of ketones is 1. The number of hydrogen-bond donors (Lipinski definition) is 1. The molecule has 6 heteroatoms. The number of carbonyl (C=O) groups excluding carboxylic acids is 1. The van der Waals surface area contributed by atoms with E-state index in [1.165, 1.54) is 17.3 Å². The zero-order valence-electron chi connectivity index (χ0n) is 13.1. The number of nitrogens with zero attached hydrogens (tertiary/aromatic N) is 2. The minimum absolute atomic E-state index is 0.0474. The number of benzene rings is 1. The molecular formula is C16H21N3O2S. The standard InChI is InChI=1S/C16H21N3O2S/c1-4-10-19-15(21)17-18-16(19)22-11(3)14(20)13-8-6-12(5-2)7-9-13/h6-9,11H,4-5,10H2,1-3H3,(H,17,21). The molecule has 2 rings (SSSR count). The number of thioether (sulfide) groups is 1. The molecule has 0 aliphatic carbocycles. The van der Waals surface area contributed by atoms with Crippen LogP contribution in [-0.2, 0) is 13.0 Å². The number of carbonyl (C=O) groups is 1. The van der Waals surface area contributed by atoms with Crippen LogP contribution in [0.4, 0.5) is 0 Å². The molecule has 1 aromatic carbocycles. The Morgan fingerprint density at radius 3 is 2.59 bits per heavy atom. The van der Waals surface area contributed by atoms with Crippen molar-refractivity contribution in [3.8, 4) is 0 Å². The summed E-state index contributed by atoms with van der Waals surface area (Å²) in [6.07, 6.45) is 1.79. The van der Waals surface area contributed by atoms with Crippen LogP contribution in [0.5, 0.6) is 0 Å². The number of aromatic amines is 1. The first-order valence-corrected chi connectivity index (χ1v) is 8.39. The van der Waals surface area contributed by atoms with E-state index >= 15 is 0 Å². The summed E-state index contributed by atoms with van der Waals surface area (Å²) < 4.78 is 1.58. The fourth-order valence-electron chi connectivity index (χ4n) is 2.17. The molecule has 0 saturated carbocycles. The summed E-state index contributed by atoms with van der Waals surface area (Å²) in [6, 6.07) is 7.68. The molecule has 1 N–H and O–H groups in total. The molecule has 0 aliphatic rings. The highest BCUT2D eigenvalue weighted by molar-refractivity contribution is 8.00. The first kappa shape index (κ1) is 16.5. The average Bonchev–Trinajstić information content (AvgIpc) is 2.88. The summed E-state index contributed by atoms with van der Waals surface area (Å²) >= 11 is 1.31. The summed E-state index contributed by atoms with van der Waals surface area (Å²) in [5.74, 6) is 0.0474. The van der Waals surface area contributed by atoms with Gasteiger partial charge >= 0.3 is 5.69 Å². The van der Waals surface area contributed by atoms with Gasteiger partial charge in [-0.25, -0.2) is 9.89 Å². The average molecular weight is 319 g/mol. The van der Waals surface area contributed by atoms with E-state index in [2.05, 4.69) is 17.1 Å². The lowest BCUT2D eigenvalue weighted by Gasteiger charge is -2.10. The molecule has 2 aromatic rings. The number of hydrogen-bond acceptors (Lipinski definition) is 4. The van der Waals surface area contributed by atoms with Gasteiger partial charge in [0.25, 0.3) is 0 Å². The SMILES string of the molecule is CCCn1c(SC(C)C(=O)c2ccc(CC)cc2)n[nH]c1=O. The Kier molecular flexibility index (Phi) is 5.60. The smallest absolute Gasteiger partial charge is 0.293 e. The van der Waals surface area contributed by atoms with Crippen molar-refractivity contribution in [2.75, 3.05) is 0 Å². The molecule has 0 amide bonds. The number of rotatable bonds is 7. The zero-order chi connectivity index (χ0) is 16.1. The maximum absolute atomic E-state index is 12.5. The molecule has 118 valence electrons. The zero-order valence-corrected chi connectivity index (χ0v) is 13.9. The van der Waals surface area contributed by atoms with E-state index in [4.69, 9.17) is 0 Å². The molecule has 0 spiro atoms. The predicted molar refractivity (Wildman–Crippen MR) is 88.6 cm³/mol. The van der Waals surface area contributed by atoms with Crippen molar-refractivity contribution in [2.45, 2.75) is 50.6 Å². The Labute approximate surface area is 134 Å². The fraction of sp³-hybridized carbons (Fsp3) is 0.438. The molecule has 0 fully saturated rings. The molecule has 1 unspecified atom stereocenters. The van der Waals surface area contributed by atoms with E-state index in [9.17, 15) is 9.59 Å². The van der Waals surface area contributed by atoms with E-state index < -0.39 is 0 Å². The minimum atomic E-state index is -0.293. The van der Waals surface area contributed by atoms with Crippen molar-refractivity contribution in [1.82, 2.24) is 14.8 Å². The summed E-state index contributed by atoms with van der Waals surface area (Å²) in [5.41, 5.74) is 1.68. The topological polar surface area (TPSA) is 67.8 Å². The van der Waals surface area contributed by atoms with Gasteiger partial charge in [-0.15, -0.1) is 5.10 Å². The van der Waals surface area contributed by atoms with E-state index in [-0.39, 0.29) is 16.7 Å². The van der Waals surface area contributed by atoms with Crippen LogP contribution in [0.1, 0.15) is 43.1 Å². The van der Waals surface area contributed by atoms with Crippen LogP contribution in [0, 0.1) is 0 Å². The fourth-order valence-corrected chi connectivity index (χ4v) is 3.12. The molecular weight excluding hydrogens is 298 g/mol. The quantitative estimate of drug-likeness (QED) is 0.629. The van der Waals surface area contributed by atoms with Crippen LogP contribution in [0.15, 0.2) is 34.2 Å². The first-order chi connectivity index (χ1) is 10.6. The van der Waals surface area contributed by atoms with Gasteiger partial charge in [-0.1, -0.05) is 49.9 Å². The van der Waals surface area contributed by atoms with Crippen LogP contribution >= 0.6 is 11.8 Å². The lowest BCUT2D eigenvalue weighted by molar-refractivity contribution is 0.0994. The van der Waals surface area contributed by atoms with Crippen molar-refractivity contribution < 1.29 is 4.79 Å². The van der Waals surface area contributed by atoms with E-state index in [0.717, 1.165) is 12.8 Å². The summed E-state index contributed by atoms with van der Waals surface area (Å²) in [7, 11) is 0. The van der Waals surface area contributed by atoms with Crippen LogP contribution in [0.3, 0.4) is 0 Å². The number of aryl methyl sites for hydroxylation is 1. The Morgan fingerprint density at radius 2 is 2.00 bits per heavy atom. The molecule has 1 atom stereocenters. The van der Waals surface area contributed by atoms with E-state index in [0.29, 0.717) is 17.3 Å². The lowest BCUT2D eigenvalue weighted by Crippen LogP contribution is -2.19. The molecule has 22 heavy (non-hydrogen) atoms. The van der Waals surface area contributed by atoms with Crippen molar-refractivity contribution in [1.29, 1.82) is 0 Å². The van der Waals surface area contributed by atoms with Gasteiger partial charge in [0.05, 0.1) is 5.25 Å². The van der Waals surface area contributed by atoms with Gasteiger partial charge < -0.3 is 0 Å². The second-order valence-corrected chi connectivity index (χ2v) is 6.45. The second kappa shape index (κ2) is 7.45. The summed E-state index contributed by atoms with van der Waals surface area (Å²) in [5, 5.41) is 6.73. The number of Topliss-reactive ketones (excluding diaryl/α,β-unsaturated/α-hetero) is 1. The summed E-state index contributed by atoms with van der Waals surface area (Å²) in [6.45, 7) is 6.53. The molecule has 1 heterocycles. The highest BCUT2D eigenvalue weighted by Gasteiger charge is 2.20. The molecule has 0 radical (unpaired) electrons. The van der Waals surface area contributed by atoms with Gasteiger partial charge in [0.2, 0.25) is 0 Å². The van der Waals surface area contributed by atoms with Gasteiger partial charge in [-0.2, -0.15) is 0 Å². The largest absolute Gasteiger partial charge is 0.343 e. The monoisotopic (exact) mass is 319 g/mol. The van der Waals surface area contributed by atoms with Crippen LogP contribution in [0.25, 0.3) is 0 Å². The highest BCUT2D eigenvalue weighted by Crippen LogP contribution is 2.23. The van der Waals surface area contributed by atoms with Gasteiger partial charge in [-0.05, 0) is 25.3 Å². The Morgan fingerprint density at radius 1 is 1.32 bits per heavy atom. The number of H-pyrrole nitrogens is 1. The van der Waals surface area contributed by atoms with Crippen molar-refractivity contribution in [2.24, 2.45) is 0 Å². The second-order valence-electron chi connectivity index (χ2n) is 5.14. The molecule has 0 saturated heterocycles. The van der Waals surface area contributed by atoms with Gasteiger partial charge in [-0.3, -0.25) is 9.36 Å².